The van der Waals surface area contributed by atoms with Crippen LogP contribution in [0, 0.1) is 0 Å². The maximum absolute atomic E-state index is 12.2. The smallest absolute Gasteiger partial charge is 0.262 e. The molecule has 0 radical (unpaired) electrons. The summed E-state index contributed by atoms with van der Waals surface area (Å²) in [4.78, 5) is 24.8. The highest BCUT2D eigenvalue weighted by atomic mass is 79.9. The quantitative estimate of drug-likeness (QED) is 0.694. The molecule has 24 heavy (non-hydrogen) atoms. The van der Waals surface area contributed by atoms with Gasteiger partial charge >= 0.3 is 0 Å². The fourth-order valence-electron chi connectivity index (χ4n) is 2.07. The van der Waals surface area contributed by atoms with Crippen LogP contribution in [0.5, 0.6) is 0 Å². The van der Waals surface area contributed by atoms with E-state index in [2.05, 4.69) is 50.6 Å². The molecular weight excluding hydrogens is 412 g/mol. The van der Waals surface area contributed by atoms with Crippen LogP contribution < -0.4 is 10.6 Å². The van der Waals surface area contributed by atoms with Crippen molar-refractivity contribution >= 4 is 55.5 Å². The molecule has 0 aliphatic carbocycles. The van der Waals surface area contributed by atoms with Crippen molar-refractivity contribution in [3.05, 3.63) is 25.8 Å². The number of hydrogen-bond acceptors (Lipinski definition) is 6. The minimum absolute atomic E-state index is 0.275. The standard InChI is InChI=1S/C15H19BrN4O2S2/c1-4-9(5-2)14-19-20-15(24-14)18-12(21)8(3)17-13(22)10-6-7-11(16)23-10/h6-9H,4-5H2,1-3H3,(H,17,22)(H,18,20,21). The number of anilines is 1. The molecule has 1 atom stereocenters. The van der Waals surface area contributed by atoms with Gasteiger partial charge in [0.1, 0.15) is 11.0 Å². The molecule has 1 unspecified atom stereocenters. The van der Waals surface area contributed by atoms with E-state index < -0.39 is 6.04 Å². The Bertz CT molecular complexity index is 712. The largest absolute Gasteiger partial charge is 0.340 e. The SMILES string of the molecule is CCC(CC)c1nnc(NC(=O)C(C)NC(=O)c2ccc(Br)s2)s1. The van der Waals surface area contributed by atoms with E-state index in [1.165, 1.54) is 22.7 Å². The maximum atomic E-state index is 12.2. The first-order chi connectivity index (χ1) is 11.4. The number of carbonyl (C=O) groups is 2. The molecule has 6 nitrogen and oxygen atoms in total. The summed E-state index contributed by atoms with van der Waals surface area (Å²) < 4.78 is 0.868. The molecule has 2 amide bonds. The zero-order valence-corrected chi connectivity index (χ0v) is 16.8. The highest BCUT2D eigenvalue weighted by Crippen LogP contribution is 2.28. The molecule has 2 rings (SSSR count). The maximum Gasteiger partial charge on any atom is 0.262 e. The molecule has 2 N–H and O–H groups in total. The lowest BCUT2D eigenvalue weighted by atomic mass is 10.1. The van der Waals surface area contributed by atoms with Crippen LogP contribution >= 0.6 is 38.6 Å². The minimum atomic E-state index is -0.668. The summed E-state index contributed by atoms with van der Waals surface area (Å²) in [7, 11) is 0. The number of halogens is 1. The molecule has 2 heterocycles. The number of carbonyl (C=O) groups excluding carboxylic acids is 2. The lowest BCUT2D eigenvalue weighted by Crippen LogP contribution is -2.41. The summed E-state index contributed by atoms with van der Waals surface area (Å²) in [6.07, 6.45) is 1.98. The van der Waals surface area contributed by atoms with Crippen molar-refractivity contribution in [2.75, 3.05) is 5.32 Å². The fourth-order valence-corrected chi connectivity index (χ4v) is 4.37. The van der Waals surface area contributed by atoms with E-state index in [9.17, 15) is 9.59 Å². The summed E-state index contributed by atoms with van der Waals surface area (Å²) in [5, 5.41) is 14.9. The second kappa shape index (κ2) is 8.68. The van der Waals surface area contributed by atoms with Gasteiger partial charge in [0.05, 0.1) is 8.66 Å². The second-order valence-electron chi connectivity index (χ2n) is 5.25. The van der Waals surface area contributed by atoms with Crippen molar-refractivity contribution in [2.24, 2.45) is 0 Å². The first-order valence-electron chi connectivity index (χ1n) is 7.65. The number of rotatable bonds is 7. The van der Waals surface area contributed by atoms with Crippen molar-refractivity contribution in [3.63, 3.8) is 0 Å². The van der Waals surface area contributed by atoms with E-state index in [0.717, 1.165) is 21.6 Å². The normalized spacial score (nSPS) is 12.2. The van der Waals surface area contributed by atoms with E-state index >= 15 is 0 Å². The van der Waals surface area contributed by atoms with Gasteiger partial charge in [-0.25, -0.2) is 0 Å². The van der Waals surface area contributed by atoms with Crippen molar-refractivity contribution in [2.45, 2.75) is 45.6 Å². The Kier molecular flexibility index (Phi) is 6.88. The lowest BCUT2D eigenvalue weighted by Gasteiger charge is -2.12. The Morgan fingerprint density at radius 2 is 1.92 bits per heavy atom. The molecule has 130 valence electrons. The number of nitrogens with one attached hydrogen (secondary N) is 2. The molecule has 2 aromatic rings. The first-order valence-corrected chi connectivity index (χ1v) is 10.1. The summed E-state index contributed by atoms with van der Waals surface area (Å²) in [5.41, 5.74) is 0. The molecule has 0 aliphatic rings. The van der Waals surface area contributed by atoms with Crippen LogP contribution in [0.25, 0.3) is 0 Å². The van der Waals surface area contributed by atoms with Gasteiger partial charge in [0.25, 0.3) is 5.91 Å². The molecule has 0 saturated carbocycles. The number of hydrogen-bond donors (Lipinski definition) is 2. The molecule has 0 spiro atoms. The minimum Gasteiger partial charge on any atom is -0.340 e. The molecule has 2 aromatic heterocycles. The third-order valence-corrected chi connectivity index (χ3v) is 6.17. The number of amides is 2. The third-order valence-electron chi connectivity index (χ3n) is 3.54. The van der Waals surface area contributed by atoms with Gasteiger partial charge in [0.2, 0.25) is 11.0 Å². The van der Waals surface area contributed by atoms with E-state index in [1.54, 1.807) is 19.1 Å². The Morgan fingerprint density at radius 1 is 1.21 bits per heavy atom. The van der Waals surface area contributed by atoms with Crippen molar-refractivity contribution < 1.29 is 9.59 Å². The highest BCUT2D eigenvalue weighted by molar-refractivity contribution is 9.11. The predicted molar refractivity (Wildman–Crippen MR) is 101 cm³/mol. The van der Waals surface area contributed by atoms with Crippen molar-refractivity contribution in [3.8, 4) is 0 Å². The predicted octanol–water partition coefficient (Wildman–Crippen LogP) is 4.02. The number of aromatic nitrogens is 2. The van der Waals surface area contributed by atoms with E-state index in [-0.39, 0.29) is 11.8 Å². The average Bonchev–Trinajstić information content (AvgIpc) is 3.18. The van der Waals surface area contributed by atoms with Crippen LogP contribution in [0.2, 0.25) is 0 Å². The van der Waals surface area contributed by atoms with Gasteiger partial charge in [-0.1, -0.05) is 25.2 Å². The topological polar surface area (TPSA) is 84.0 Å². The molecule has 0 aliphatic heterocycles. The van der Waals surface area contributed by atoms with Crippen LogP contribution in [0.1, 0.15) is 54.2 Å². The zero-order valence-electron chi connectivity index (χ0n) is 13.6. The molecule has 0 saturated heterocycles. The van der Waals surface area contributed by atoms with Crippen molar-refractivity contribution in [1.82, 2.24) is 15.5 Å². The van der Waals surface area contributed by atoms with E-state index in [1.807, 2.05) is 0 Å². The number of nitrogens with zero attached hydrogens (tertiary/aromatic N) is 2. The van der Waals surface area contributed by atoms with Crippen LogP contribution in [0.4, 0.5) is 5.13 Å². The molecule has 9 heteroatoms. The van der Waals surface area contributed by atoms with Crippen LogP contribution in [0.3, 0.4) is 0 Å². The molecular formula is C15H19BrN4O2S2. The average molecular weight is 431 g/mol. The summed E-state index contributed by atoms with van der Waals surface area (Å²) >= 11 is 6.01. The van der Waals surface area contributed by atoms with Crippen LogP contribution in [-0.2, 0) is 4.79 Å². The highest BCUT2D eigenvalue weighted by Gasteiger charge is 2.20. The Hall–Kier alpha value is -1.32. The van der Waals surface area contributed by atoms with Gasteiger partial charge in [-0.05, 0) is 47.8 Å². The van der Waals surface area contributed by atoms with Gasteiger partial charge in [0.15, 0.2) is 0 Å². The number of thiophene rings is 1. The monoisotopic (exact) mass is 430 g/mol. The van der Waals surface area contributed by atoms with Gasteiger partial charge < -0.3 is 5.32 Å². The Labute approximate surface area is 157 Å². The van der Waals surface area contributed by atoms with Gasteiger partial charge in [0, 0.05) is 5.92 Å². The lowest BCUT2D eigenvalue weighted by molar-refractivity contribution is -0.117. The van der Waals surface area contributed by atoms with Gasteiger partial charge in [-0.15, -0.1) is 21.5 Å². The van der Waals surface area contributed by atoms with Crippen molar-refractivity contribution in [1.29, 1.82) is 0 Å². The second-order valence-corrected chi connectivity index (χ2v) is 8.72. The van der Waals surface area contributed by atoms with Crippen LogP contribution in [0.15, 0.2) is 15.9 Å². The molecule has 0 bridgehead atoms. The Balaban J connectivity index is 1.93. The first kappa shape index (κ1) is 19.0. The fraction of sp³-hybridized carbons (Fsp3) is 0.467. The zero-order chi connectivity index (χ0) is 17.7. The summed E-state index contributed by atoms with van der Waals surface area (Å²) in [6.45, 7) is 5.85. The Morgan fingerprint density at radius 3 is 2.50 bits per heavy atom. The van der Waals surface area contributed by atoms with E-state index in [0.29, 0.717) is 15.9 Å². The van der Waals surface area contributed by atoms with E-state index in [4.69, 9.17) is 0 Å². The summed E-state index contributed by atoms with van der Waals surface area (Å²) in [5.74, 6) is -0.225. The third kappa shape index (κ3) is 4.84. The summed E-state index contributed by atoms with van der Waals surface area (Å²) in [6, 6.07) is 2.84. The van der Waals surface area contributed by atoms with Crippen LogP contribution in [-0.4, -0.2) is 28.1 Å². The molecule has 0 aromatic carbocycles. The molecule has 0 fully saturated rings. The van der Waals surface area contributed by atoms with Gasteiger partial charge in [-0.3, -0.25) is 14.9 Å². The van der Waals surface area contributed by atoms with Gasteiger partial charge in [-0.2, -0.15) is 0 Å².